The first-order chi connectivity index (χ1) is 15.0. The lowest BCUT2D eigenvalue weighted by Crippen LogP contribution is -2.47. The molecule has 0 bridgehead atoms. The zero-order chi connectivity index (χ0) is 21.7. The van der Waals surface area contributed by atoms with Crippen LogP contribution in [0.25, 0.3) is 0 Å². The summed E-state index contributed by atoms with van der Waals surface area (Å²) < 4.78 is 24.3. The second-order valence-corrected chi connectivity index (χ2v) is 7.88. The largest absolute Gasteiger partial charge is 0.439 e. The van der Waals surface area contributed by atoms with Crippen molar-refractivity contribution in [2.24, 2.45) is 0 Å². The minimum atomic E-state index is -0.649. The van der Waals surface area contributed by atoms with E-state index in [0.29, 0.717) is 49.3 Å². The first-order valence-corrected chi connectivity index (χ1v) is 10.4. The van der Waals surface area contributed by atoms with Crippen LogP contribution in [0.1, 0.15) is 24.0 Å². The van der Waals surface area contributed by atoms with E-state index in [1.54, 1.807) is 12.3 Å². The van der Waals surface area contributed by atoms with Crippen molar-refractivity contribution in [3.05, 3.63) is 88.8 Å². The van der Waals surface area contributed by atoms with Gasteiger partial charge in [0.1, 0.15) is 11.6 Å². The first kappa shape index (κ1) is 21.3. The molecule has 31 heavy (non-hydrogen) atoms. The minimum absolute atomic E-state index is 0.0454. The molecule has 1 fully saturated rings. The average molecular weight is 441 g/mol. The Bertz CT molecular complexity index is 1040. The van der Waals surface area contributed by atoms with Crippen molar-refractivity contribution in [3.63, 3.8) is 0 Å². The van der Waals surface area contributed by atoms with E-state index < -0.39 is 5.41 Å². The summed E-state index contributed by atoms with van der Waals surface area (Å²) in [5.41, 5.74) is 1.13. The second-order valence-electron chi connectivity index (χ2n) is 7.44. The van der Waals surface area contributed by atoms with Gasteiger partial charge in [-0.25, -0.2) is 9.37 Å². The van der Waals surface area contributed by atoms with Crippen LogP contribution in [0.4, 0.5) is 4.39 Å². The van der Waals surface area contributed by atoms with Gasteiger partial charge in [-0.3, -0.25) is 4.79 Å². The van der Waals surface area contributed by atoms with E-state index in [1.807, 2.05) is 30.3 Å². The van der Waals surface area contributed by atoms with Gasteiger partial charge in [0.05, 0.1) is 5.41 Å². The highest BCUT2D eigenvalue weighted by atomic mass is 35.5. The van der Waals surface area contributed by atoms with Gasteiger partial charge in [-0.15, -0.1) is 0 Å². The van der Waals surface area contributed by atoms with Crippen molar-refractivity contribution in [2.45, 2.75) is 24.8 Å². The molecule has 1 aliphatic rings. The maximum absolute atomic E-state index is 13.3. The number of halogens is 2. The van der Waals surface area contributed by atoms with E-state index in [0.717, 1.165) is 11.1 Å². The Kier molecular flexibility index (Phi) is 6.49. The van der Waals surface area contributed by atoms with Crippen LogP contribution in [0.5, 0.6) is 11.6 Å². The molecule has 0 radical (unpaired) electrons. The fourth-order valence-electron chi connectivity index (χ4n) is 3.73. The zero-order valence-corrected chi connectivity index (χ0v) is 17.6. The summed E-state index contributed by atoms with van der Waals surface area (Å²) in [5, 5.41) is 3.70. The number of rotatable bonds is 6. The molecule has 0 aliphatic carbocycles. The molecule has 0 spiro atoms. The molecule has 1 amide bonds. The van der Waals surface area contributed by atoms with E-state index >= 15 is 0 Å². The number of nitrogens with one attached hydrogen (secondary N) is 1. The van der Waals surface area contributed by atoms with Crippen LogP contribution in [-0.4, -0.2) is 24.1 Å². The molecule has 5 nitrogen and oxygen atoms in total. The number of ether oxygens (including phenoxy) is 2. The number of carbonyl (C=O) groups excluding carboxylic acids is 1. The van der Waals surface area contributed by atoms with Crippen molar-refractivity contribution in [3.8, 4) is 11.6 Å². The van der Waals surface area contributed by atoms with Gasteiger partial charge in [0.2, 0.25) is 11.8 Å². The lowest BCUT2D eigenvalue weighted by molar-refractivity contribution is -0.130. The first-order valence-electron chi connectivity index (χ1n) is 10.1. The molecular weight excluding hydrogens is 419 g/mol. The van der Waals surface area contributed by atoms with Crippen molar-refractivity contribution < 1.29 is 18.7 Å². The number of nitrogens with zero attached hydrogens (tertiary/aromatic N) is 1. The predicted molar refractivity (Wildman–Crippen MR) is 116 cm³/mol. The summed E-state index contributed by atoms with van der Waals surface area (Å²) in [7, 11) is 0. The molecule has 0 saturated carbocycles. The highest BCUT2D eigenvalue weighted by Gasteiger charge is 2.41. The lowest BCUT2D eigenvalue weighted by Gasteiger charge is -2.36. The standard InChI is InChI=1S/C24H22ClFN2O3/c25-19-3-1-18(2-4-19)24(10-13-30-14-11-24)23(29)28-16-17-9-12-27-22(15-17)31-21-7-5-20(26)6-8-21/h1-9,12,15H,10-11,13-14,16H2,(H,28,29). The van der Waals surface area contributed by atoms with E-state index in [2.05, 4.69) is 10.3 Å². The lowest BCUT2D eigenvalue weighted by atomic mass is 9.73. The van der Waals surface area contributed by atoms with Crippen LogP contribution < -0.4 is 10.1 Å². The molecule has 7 heteroatoms. The molecular formula is C24H22ClFN2O3. The smallest absolute Gasteiger partial charge is 0.231 e. The van der Waals surface area contributed by atoms with E-state index in [-0.39, 0.29) is 11.7 Å². The third-order valence-corrected chi connectivity index (χ3v) is 5.72. The predicted octanol–water partition coefficient (Wildman–Crippen LogP) is 5.03. The maximum atomic E-state index is 13.3. The van der Waals surface area contributed by atoms with Gasteiger partial charge in [0, 0.05) is 37.0 Å². The van der Waals surface area contributed by atoms with E-state index in [1.165, 1.54) is 24.3 Å². The monoisotopic (exact) mass is 440 g/mol. The number of aromatic nitrogens is 1. The van der Waals surface area contributed by atoms with Crippen molar-refractivity contribution in [1.29, 1.82) is 0 Å². The van der Waals surface area contributed by atoms with E-state index in [9.17, 15) is 9.18 Å². The third kappa shape index (κ3) is 5.03. The molecule has 1 aromatic heterocycles. The number of amides is 1. The number of pyridine rings is 1. The third-order valence-electron chi connectivity index (χ3n) is 5.47. The Morgan fingerprint density at radius 3 is 2.52 bits per heavy atom. The zero-order valence-electron chi connectivity index (χ0n) is 16.8. The fourth-order valence-corrected chi connectivity index (χ4v) is 3.85. The van der Waals surface area contributed by atoms with Gasteiger partial charge in [-0.05, 0) is 66.4 Å². The molecule has 1 N–H and O–H groups in total. The Balaban J connectivity index is 1.46. The van der Waals surface area contributed by atoms with E-state index in [4.69, 9.17) is 21.1 Å². The number of hydrogen-bond donors (Lipinski definition) is 1. The van der Waals surface area contributed by atoms with Crippen LogP contribution in [0.3, 0.4) is 0 Å². The Hall–Kier alpha value is -2.96. The highest BCUT2D eigenvalue weighted by Crippen LogP contribution is 2.36. The summed E-state index contributed by atoms with van der Waals surface area (Å²) in [6, 6.07) is 16.7. The molecule has 3 aromatic rings. The molecule has 0 unspecified atom stereocenters. The molecule has 0 atom stereocenters. The summed E-state index contributed by atoms with van der Waals surface area (Å²) in [4.78, 5) is 17.5. The number of carbonyl (C=O) groups is 1. The van der Waals surface area contributed by atoms with Gasteiger partial charge in [0.25, 0.3) is 0 Å². The summed E-state index contributed by atoms with van der Waals surface area (Å²) >= 11 is 6.04. The molecule has 160 valence electrons. The van der Waals surface area contributed by atoms with Crippen molar-refractivity contribution in [2.75, 3.05) is 13.2 Å². The summed E-state index contributed by atoms with van der Waals surface area (Å²) in [5.74, 6) is 0.478. The van der Waals surface area contributed by atoms with Crippen LogP contribution in [-0.2, 0) is 21.5 Å². The quantitative estimate of drug-likeness (QED) is 0.584. The molecule has 2 heterocycles. The minimum Gasteiger partial charge on any atom is -0.439 e. The SMILES string of the molecule is O=C(NCc1ccnc(Oc2ccc(F)cc2)c1)C1(c2ccc(Cl)cc2)CCOCC1. The Morgan fingerprint density at radius 1 is 1.10 bits per heavy atom. The highest BCUT2D eigenvalue weighted by molar-refractivity contribution is 6.30. The average Bonchev–Trinajstić information content (AvgIpc) is 2.80. The number of hydrogen-bond acceptors (Lipinski definition) is 4. The Labute approximate surface area is 185 Å². The van der Waals surface area contributed by atoms with Crippen LogP contribution in [0.15, 0.2) is 66.9 Å². The normalized spacial score (nSPS) is 15.3. The molecule has 4 rings (SSSR count). The van der Waals surface area contributed by atoms with Gasteiger partial charge < -0.3 is 14.8 Å². The number of benzene rings is 2. The van der Waals surface area contributed by atoms with Crippen LogP contribution in [0, 0.1) is 5.82 Å². The van der Waals surface area contributed by atoms with Crippen molar-refractivity contribution >= 4 is 17.5 Å². The second kappa shape index (κ2) is 9.45. The summed E-state index contributed by atoms with van der Waals surface area (Å²) in [6.07, 6.45) is 2.83. The Morgan fingerprint density at radius 2 is 1.81 bits per heavy atom. The summed E-state index contributed by atoms with van der Waals surface area (Å²) in [6.45, 7) is 1.39. The molecule has 1 saturated heterocycles. The van der Waals surface area contributed by atoms with Gasteiger partial charge >= 0.3 is 0 Å². The fraction of sp³-hybridized carbons (Fsp3) is 0.250. The molecule has 1 aliphatic heterocycles. The van der Waals surface area contributed by atoms with Gasteiger partial charge in [-0.1, -0.05) is 23.7 Å². The topological polar surface area (TPSA) is 60.5 Å². The van der Waals surface area contributed by atoms with Gasteiger partial charge in [0.15, 0.2) is 0 Å². The van der Waals surface area contributed by atoms with Gasteiger partial charge in [-0.2, -0.15) is 0 Å². The van der Waals surface area contributed by atoms with Crippen LogP contribution >= 0.6 is 11.6 Å². The van der Waals surface area contributed by atoms with Crippen molar-refractivity contribution in [1.82, 2.24) is 10.3 Å². The molecule has 2 aromatic carbocycles. The van der Waals surface area contributed by atoms with Crippen LogP contribution in [0.2, 0.25) is 5.02 Å². The maximum Gasteiger partial charge on any atom is 0.231 e.